The highest BCUT2D eigenvalue weighted by Gasteiger charge is 2.40. The Bertz CT molecular complexity index is 282. The van der Waals surface area contributed by atoms with E-state index in [-0.39, 0.29) is 5.76 Å². The lowest BCUT2D eigenvalue weighted by atomic mass is 10.2. The molecule has 0 bridgehead atoms. The molecule has 1 rings (SSSR count). The number of rotatable bonds is 4. The van der Waals surface area contributed by atoms with E-state index in [0.29, 0.717) is 0 Å². The van der Waals surface area contributed by atoms with Crippen LogP contribution in [0.5, 0.6) is 0 Å². The van der Waals surface area contributed by atoms with Gasteiger partial charge < -0.3 is 24.8 Å². The molecule has 0 aromatic carbocycles. The highest BCUT2D eigenvalue weighted by molar-refractivity contribution is 5.89. The number of hydrogen-bond acceptors (Lipinski definition) is 6. The molecule has 78 valence electrons. The van der Waals surface area contributed by atoms with Gasteiger partial charge in [0.15, 0.2) is 11.9 Å². The van der Waals surface area contributed by atoms with E-state index in [1.54, 1.807) is 0 Å². The van der Waals surface area contributed by atoms with Gasteiger partial charge >= 0.3 is 5.97 Å². The first-order chi connectivity index (χ1) is 6.61. The van der Waals surface area contributed by atoms with Gasteiger partial charge in [-0.1, -0.05) is 6.58 Å². The van der Waals surface area contributed by atoms with Crippen LogP contribution in [-0.2, 0) is 14.3 Å². The lowest BCUT2D eigenvalue weighted by Gasteiger charge is -2.16. The van der Waals surface area contributed by atoms with Crippen LogP contribution >= 0.6 is 0 Å². The smallest absolute Gasteiger partial charge is 0.378 e. The van der Waals surface area contributed by atoms with E-state index < -0.39 is 30.5 Å². The minimum atomic E-state index is -1.33. The summed E-state index contributed by atoms with van der Waals surface area (Å²) in [7, 11) is 0. The number of cyclic esters (lactones) is 1. The van der Waals surface area contributed by atoms with E-state index in [1.165, 1.54) is 0 Å². The second-order valence-electron chi connectivity index (χ2n) is 2.57. The zero-order valence-electron chi connectivity index (χ0n) is 7.21. The molecular formula is C8H10O6. The molecule has 3 N–H and O–H groups in total. The predicted molar refractivity (Wildman–Crippen MR) is 43.9 cm³/mol. The Kier molecular flexibility index (Phi) is 3.10. The number of carbonyl (C=O) groups is 1. The van der Waals surface area contributed by atoms with Crippen LogP contribution in [0.15, 0.2) is 24.4 Å². The Hall–Kier alpha value is -1.53. The molecule has 6 nitrogen and oxygen atoms in total. The lowest BCUT2D eigenvalue weighted by molar-refractivity contribution is -0.147. The van der Waals surface area contributed by atoms with Gasteiger partial charge in [-0.15, -0.1) is 0 Å². The monoisotopic (exact) mass is 202 g/mol. The Morgan fingerprint density at radius 2 is 2.36 bits per heavy atom. The lowest BCUT2D eigenvalue weighted by Crippen LogP contribution is -2.32. The molecule has 0 aromatic heterocycles. The first-order valence-corrected chi connectivity index (χ1v) is 3.82. The summed E-state index contributed by atoms with van der Waals surface area (Å²) < 4.78 is 9.24. The molecule has 6 heteroatoms. The molecule has 14 heavy (non-hydrogen) atoms. The second-order valence-corrected chi connectivity index (χ2v) is 2.57. The number of carbonyl (C=O) groups excluding carboxylic acids is 1. The van der Waals surface area contributed by atoms with Crippen molar-refractivity contribution in [3.05, 3.63) is 24.4 Å². The van der Waals surface area contributed by atoms with Gasteiger partial charge in [-0.3, -0.25) is 0 Å². The van der Waals surface area contributed by atoms with E-state index in [4.69, 9.17) is 14.9 Å². The second kappa shape index (κ2) is 4.12. The van der Waals surface area contributed by atoms with Crippen LogP contribution in [0.1, 0.15) is 0 Å². The molecular weight excluding hydrogens is 192 g/mol. The van der Waals surface area contributed by atoms with Gasteiger partial charge in [0.2, 0.25) is 5.76 Å². The van der Waals surface area contributed by atoms with Crippen molar-refractivity contribution < 1.29 is 29.6 Å². The van der Waals surface area contributed by atoms with Crippen LogP contribution in [0.25, 0.3) is 0 Å². The average molecular weight is 202 g/mol. The zero-order valence-corrected chi connectivity index (χ0v) is 7.21. The maximum Gasteiger partial charge on any atom is 0.378 e. The first-order valence-electron chi connectivity index (χ1n) is 3.82. The fourth-order valence-corrected chi connectivity index (χ4v) is 1.02. The number of esters is 1. The van der Waals surface area contributed by atoms with E-state index in [1.807, 2.05) is 0 Å². The zero-order chi connectivity index (χ0) is 10.7. The standard InChI is InChI=1S/C8H10O6/c1-2-13-7-5(11)8(12)14-6(7)4(10)3-9/h2,4,6,9-11H,1,3H2/t4-,6+/m0/s1. The number of aliphatic hydroxyl groups excluding tert-OH is 3. The fourth-order valence-electron chi connectivity index (χ4n) is 1.02. The van der Waals surface area contributed by atoms with Crippen molar-refractivity contribution in [2.24, 2.45) is 0 Å². The minimum Gasteiger partial charge on any atom is -0.499 e. The Labute approximate surface area is 79.7 Å². The quantitative estimate of drug-likeness (QED) is 0.407. The van der Waals surface area contributed by atoms with E-state index in [9.17, 15) is 9.90 Å². The van der Waals surface area contributed by atoms with Crippen molar-refractivity contribution in [1.82, 2.24) is 0 Å². The van der Waals surface area contributed by atoms with Gasteiger partial charge in [-0.25, -0.2) is 4.79 Å². The van der Waals surface area contributed by atoms with Crippen molar-refractivity contribution >= 4 is 5.97 Å². The predicted octanol–water partition coefficient (Wildman–Crippen LogP) is -0.805. The summed E-state index contributed by atoms with van der Waals surface area (Å²) in [5.74, 6) is -1.96. The fraction of sp³-hybridized carbons (Fsp3) is 0.375. The molecule has 0 saturated heterocycles. The van der Waals surface area contributed by atoms with Crippen LogP contribution in [-0.4, -0.2) is 40.1 Å². The van der Waals surface area contributed by atoms with Crippen LogP contribution in [0.2, 0.25) is 0 Å². The summed E-state index contributed by atoms with van der Waals surface area (Å²) in [4.78, 5) is 10.9. The van der Waals surface area contributed by atoms with Gasteiger partial charge in [0, 0.05) is 0 Å². The van der Waals surface area contributed by atoms with Crippen molar-refractivity contribution in [2.45, 2.75) is 12.2 Å². The van der Waals surface area contributed by atoms with E-state index in [0.717, 1.165) is 6.26 Å². The van der Waals surface area contributed by atoms with Gasteiger partial charge in [0.25, 0.3) is 0 Å². The third-order valence-corrected chi connectivity index (χ3v) is 1.67. The molecule has 0 radical (unpaired) electrons. The maximum absolute atomic E-state index is 10.9. The SMILES string of the molecule is C=COC1=C(O)C(=O)O[C@@H]1[C@@H](O)CO. The summed E-state index contributed by atoms with van der Waals surface area (Å²) in [6, 6.07) is 0. The third-order valence-electron chi connectivity index (χ3n) is 1.67. The summed E-state index contributed by atoms with van der Waals surface area (Å²) in [6.45, 7) is 2.61. The third kappa shape index (κ3) is 1.70. The van der Waals surface area contributed by atoms with Crippen LogP contribution in [0.3, 0.4) is 0 Å². The molecule has 0 fully saturated rings. The van der Waals surface area contributed by atoms with Crippen LogP contribution in [0, 0.1) is 0 Å². The molecule has 0 aliphatic carbocycles. The summed E-state index contributed by atoms with van der Waals surface area (Å²) in [5, 5.41) is 27.0. The van der Waals surface area contributed by atoms with Crippen LogP contribution in [0.4, 0.5) is 0 Å². The molecule has 0 spiro atoms. The normalized spacial score (nSPS) is 23.3. The van der Waals surface area contributed by atoms with Gasteiger partial charge in [-0.2, -0.15) is 0 Å². The number of ether oxygens (including phenoxy) is 2. The highest BCUT2D eigenvalue weighted by Crippen LogP contribution is 2.24. The highest BCUT2D eigenvalue weighted by atomic mass is 16.6. The largest absolute Gasteiger partial charge is 0.499 e. The topological polar surface area (TPSA) is 96.2 Å². The van der Waals surface area contributed by atoms with Crippen molar-refractivity contribution in [3.63, 3.8) is 0 Å². The molecule has 1 aliphatic heterocycles. The minimum absolute atomic E-state index is 0.244. The molecule has 0 aromatic rings. The average Bonchev–Trinajstić information content (AvgIpc) is 2.45. The van der Waals surface area contributed by atoms with Crippen molar-refractivity contribution in [3.8, 4) is 0 Å². The van der Waals surface area contributed by atoms with Gasteiger partial charge in [0.1, 0.15) is 6.10 Å². The molecule has 0 unspecified atom stereocenters. The summed E-state index contributed by atoms with van der Waals surface area (Å²) >= 11 is 0. The Balaban J connectivity index is 2.89. The van der Waals surface area contributed by atoms with Gasteiger partial charge in [-0.05, 0) is 0 Å². The van der Waals surface area contributed by atoms with Crippen LogP contribution < -0.4 is 0 Å². The maximum atomic E-state index is 10.9. The number of aliphatic hydroxyl groups is 3. The molecule has 0 amide bonds. The Morgan fingerprint density at radius 3 is 2.86 bits per heavy atom. The summed E-state index contributed by atoms with van der Waals surface area (Å²) in [5.41, 5.74) is 0. The van der Waals surface area contributed by atoms with Gasteiger partial charge in [0.05, 0.1) is 12.9 Å². The first kappa shape index (κ1) is 10.6. The molecule has 1 aliphatic rings. The Morgan fingerprint density at radius 1 is 1.71 bits per heavy atom. The van der Waals surface area contributed by atoms with E-state index in [2.05, 4.69) is 11.3 Å². The molecule has 1 heterocycles. The summed E-state index contributed by atoms with van der Waals surface area (Å²) in [6.07, 6.45) is -1.55. The van der Waals surface area contributed by atoms with E-state index >= 15 is 0 Å². The molecule has 2 atom stereocenters. The van der Waals surface area contributed by atoms with Crippen molar-refractivity contribution in [2.75, 3.05) is 6.61 Å². The number of hydrogen-bond donors (Lipinski definition) is 3. The molecule has 0 saturated carbocycles. The van der Waals surface area contributed by atoms with Crippen molar-refractivity contribution in [1.29, 1.82) is 0 Å².